The number of rotatable bonds is 4. The quantitative estimate of drug-likeness (QED) is 0.435. The van der Waals surface area contributed by atoms with Crippen LogP contribution < -0.4 is 4.90 Å². The second kappa shape index (κ2) is 7.44. The average molecular weight is 456 g/mol. The zero-order valence-electron chi connectivity index (χ0n) is 16.3. The number of benzene rings is 1. The molecule has 4 heterocycles. The van der Waals surface area contributed by atoms with Gasteiger partial charge in [0, 0.05) is 41.7 Å². The SMILES string of the molecule is CCn1c(-n2ncnc2N2C(=O)CCC2=O)nc2cncc(-c3ccc(Cl)cc3Cl)c21. The molecule has 0 atom stereocenters. The Balaban J connectivity index is 1.74. The molecule has 0 radical (unpaired) electrons. The number of carbonyl (C=O) groups excluding carboxylic acids is 2. The van der Waals surface area contributed by atoms with Gasteiger partial charge in [0.05, 0.1) is 16.7 Å². The van der Waals surface area contributed by atoms with Crippen LogP contribution in [-0.4, -0.2) is 41.1 Å². The summed E-state index contributed by atoms with van der Waals surface area (Å²) in [5, 5.41) is 5.27. The van der Waals surface area contributed by atoms with Crippen molar-refractivity contribution >= 4 is 52.0 Å². The zero-order valence-corrected chi connectivity index (χ0v) is 17.8. The van der Waals surface area contributed by atoms with E-state index < -0.39 is 0 Å². The first-order chi connectivity index (χ1) is 15.0. The van der Waals surface area contributed by atoms with Gasteiger partial charge in [-0.3, -0.25) is 14.6 Å². The number of hydrogen-bond donors (Lipinski definition) is 0. The summed E-state index contributed by atoms with van der Waals surface area (Å²) in [6.07, 6.45) is 4.95. The Morgan fingerprint density at radius 1 is 1.03 bits per heavy atom. The van der Waals surface area contributed by atoms with E-state index in [1.165, 1.54) is 11.0 Å². The molecule has 2 amide bonds. The molecular weight excluding hydrogens is 441 g/mol. The number of carbonyl (C=O) groups is 2. The van der Waals surface area contributed by atoms with Crippen LogP contribution in [0.15, 0.2) is 36.9 Å². The third-order valence-electron chi connectivity index (χ3n) is 5.14. The Hall–Kier alpha value is -3.30. The van der Waals surface area contributed by atoms with E-state index in [-0.39, 0.29) is 30.6 Å². The van der Waals surface area contributed by atoms with Gasteiger partial charge in [0.1, 0.15) is 11.8 Å². The van der Waals surface area contributed by atoms with E-state index in [0.29, 0.717) is 28.1 Å². The fourth-order valence-electron chi connectivity index (χ4n) is 3.77. The van der Waals surface area contributed by atoms with Gasteiger partial charge in [-0.15, -0.1) is 0 Å². The molecule has 3 aromatic heterocycles. The number of imide groups is 1. The van der Waals surface area contributed by atoms with Crippen LogP contribution in [0.2, 0.25) is 10.0 Å². The molecule has 0 spiro atoms. The number of anilines is 1. The van der Waals surface area contributed by atoms with Crippen LogP contribution in [0, 0.1) is 0 Å². The predicted molar refractivity (Wildman–Crippen MR) is 115 cm³/mol. The van der Waals surface area contributed by atoms with E-state index in [1.807, 2.05) is 17.6 Å². The van der Waals surface area contributed by atoms with Crippen LogP contribution in [0.4, 0.5) is 5.95 Å². The van der Waals surface area contributed by atoms with Gasteiger partial charge in [0.25, 0.3) is 0 Å². The first-order valence-electron chi connectivity index (χ1n) is 9.55. The number of amides is 2. The summed E-state index contributed by atoms with van der Waals surface area (Å²) in [6, 6.07) is 5.26. The molecular formula is C20H15Cl2N7O2. The molecule has 1 saturated heterocycles. The molecule has 11 heteroatoms. The summed E-state index contributed by atoms with van der Waals surface area (Å²) in [5.41, 5.74) is 2.93. The summed E-state index contributed by atoms with van der Waals surface area (Å²) < 4.78 is 3.32. The topological polar surface area (TPSA) is 98.8 Å². The predicted octanol–water partition coefficient (Wildman–Crippen LogP) is 3.66. The Morgan fingerprint density at radius 2 is 1.81 bits per heavy atom. The molecule has 0 aliphatic carbocycles. The van der Waals surface area contributed by atoms with Crippen LogP contribution >= 0.6 is 23.2 Å². The lowest BCUT2D eigenvalue weighted by atomic mass is 10.1. The van der Waals surface area contributed by atoms with Gasteiger partial charge in [-0.05, 0) is 19.1 Å². The highest BCUT2D eigenvalue weighted by molar-refractivity contribution is 6.36. The fourth-order valence-corrected chi connectivity index (χ4v) is 4.28. The maximum atomic E-state index is 12.3. The van der Waals surface area contributed by atoms with Crippen LogP contribution in [-0.2, 0) is 16.1 Å². The highest BCUT2D eigenvalue weighted by Crippen LogP contribution is 2.36. The fraction of sp³-hybridized carbons (Fsp3) is 0.200. The van der Waals surface area contributed by atoms with Crippen LogP contribution in [0.3, 0.4) is 0 Å². The largest absolute Gasteiger partial charge is 0.308 e. The van der Waals surface area contributed by atoms with E-state index in [4.69, 9.17) is 23.2 Å². The van der Waals surface area contributed by atoms with Crippen molar-refractivity contribution in [3.05, 3.63) is 47.0 Å². The minimum atomic E-state index is -0.311. The van der Waals surface area contributed by atoms with Gasteiger partial charge in [-0.25, -0.2) is 9.88 Å². The Kier molecular flexibility index (Phi) is 4.71. The van der Waals surface area contributed by atoms with Gasteiger partial charge in [-0.1, -0.05) is 29.3 Å². The summed E-state index contributed by atoms with van der Waals surface area (Å²) in [7, 11) is 0. The van der Waals surface area contributed by atoms with Crippen molar-refractivity contribution in [2.45, 2.75) is 26.3 Å². The smallest absolute Gasteiger partial charge is 0.245 e. The Labute approximate surface area is 186 Å². The molecule has 0 N–H and O–H groups in total. The second-order valence-electron chi connectivity index (χ2n) is 6.93. The second-order valence-corrected chi connectivity index (χ2v) is 7.77. The van der Waals surface area contributed by atoms with E-state index in [1.54, 1.807) is 24.5 Å². The molecule has 0 bridgehead atoms. The van der Waals surface area contributed by atoms with E-state index in [0.717, 1.165) is 21.5 Å². The number of fused-ring (bicyclic) bond motifs is 1. The third kappa shape index (κ3) is 3.08. The first-order valence-corrected chi connectivity index (χ1v) is 10.3. The van der Waals surface area contributed by atoms with Crippen molar-refractivity contribution in [2.24, 2.45) is 0 Å². The molecule has 1 fully saturated rings. The van der Waals surface area contributed by atoms with Crippen LogP contribution in [0.25, 0.3) is 28.1 Å². The van der Waals surface area contributed by atoms with Crippen LogP contribution in [0.1, 0.15) is 19.8 Å². The molecule has 9 nitrogen and oxygen atoms in total. The van der Waals surface area contributed by atoms with Crippen molar-refractivity contribution in [1.29, 1.82) is 0 Å². The van der Waals surface area contributed by atoms with Crippen LogP contribution in [0.5, 0.6) is 0 Å². The Morgan fingerprint density at radius 3 is 2.52 bits per heavy atom. The average Bonchev–Trinajstić information content (AvgIpc) is 3.44. The lowest BCUT2D eigenvalue weighted by molar-refractivity contribution is -0.121. The number of aryl methyl sites for hydroxylation is 1. The molecule has 156 valence electrons. The summed E-state index contributed by atoms with van der Waals surface area (Å²) in [5.74, 6) is -0.0872. The highest BCUT2D eigenvalue weighted by Gasteiger charge is 2.35. The van der Waals surface area contributed by atoms with Gasteiger partial charge in [0.2, 0.25) is 23.7 Å². The summed E-state index contributed by atoms with van der Waals surface area (Å²) in [4.78, 5) is 38.7. The molecule has 31 heavy (non-hydrogen) atoms. The van der Waals surface area contributed by atoms with E-state index in [2.05, 4.69) is 20.1 Å². The molecule has 0 saturated carbocycles. The highest BCUT2D eigenvalue weighted by atomic mass is 35.5. The standard InChI is InChI=1S/C20H15Cl2N7O2/c1-2-27-18-13(12-4-3-11(21)7-14(12)22)8-23-9-15(18)26-20(27)29-19(24-10-25-29)28-16(30)5-6-17(28)31/h3-4,7-10H,2,5-6H2,1H3. The number of hydrogen-bond acceptors (Lipinski definition) is 6. The number of halogens is 2. The number of aromatic nitrogens is 6. The van der Waals surface area contributed by atoms with Gasteiger partial charge < -0.3 is 4.57 Å². The molecule has 1 aromatic carbocycles. The Bertz CT molecular complexity index is 1350. The van der Waals surface area contributed by atoms with Crippen molar-refractivity contribution < 1.29 is 9.59 Å². The summed E-state index contributed by atoms with van der Waals surface area (Å²) >= 11 is 12.5. The van der Waals surface area contributed by atoms with Crippen molar-refractivity contribution in [3.8, 4) is 17.1 Å². The van der Waals surface area contributed by atoms with E-state index >= 15 is 0 Å². The van der Waals surface area contributed by atoms with Gasteiger partial charge >= 0.3 is 0 Å². The number of nitrogens with zero attached hydrogens (tertiary/aromatic N) is 7. The van der Waals surface area contributed by atoms with Crippen molar-refractivity contribution in [2.75, 3.05) is 4.90 Å². The molecule has 1 aliphatic heterocycles. The molecule has 1 aliphatic rings. The minimum Gasteiger partial charge on any atom is -0.308 e. The summed E-state index contributed by atoms with van der Waals surface area (Å²) in [6.45, 7) is 2.50. The monoisotopic (exact) mass is 455 g/mol. The molecule has 4 aromatic rings. The normalized spacial score (nSPS) is 14.2. The minimum absolute atomic E-state index is 0.122. The maximum absolute atomic E-state index is 12.3. The van der Waals surface area contributed by atoms with Crippen molar-refractivity contribution in [1.82, 2.24) is 29.3 Å². The number of imidazole rings is 1. The van der Waals surface area contributed by atoms with Gasteiger partial charge in [0.15, 0.2) is 0 Å². The lowest BCUT2D eigenvalue weighted by Crippen LogP contribution is -2.31. The third-order valence-corrected chi connectivity index (χ3v) is 5.69. The number of pyridine rings is 1. The molecule has 0 unspecified atom stereocenters. The maximum Gasteiger partial charge on any atom is 0.245 e. The van der Waals surface area contributed by atoms with E-state index in [9.17, 15) is 9.59 Å². The van der Waals surface area contributed by atoms with Crippen molar-refractivity contribution in [3.63, 3.8) is 0 Å². The zero-order chi connectivity index (χ0) is 21.7. The first kappa shape index (κ1) is 19.7. The molecule has 5 rings (SSSR count). The van der Waals surface area contributed by atoms with Gasteiger partial charge in [-0.2, -0.15) is 14.8 Å². The lowest BCUT2D eigenvalue weighted by Gasteiger charge is -2.14.